The third kappa shape index (κ3) is 2.45. The zero-order valence-corrected chi connectivity index (χ0v) is 8.76. The summed E-state index contributed by atoms with van der Waals surface area (Å²) in [5, 5.41) is 8.63. The smallest absolute Gasteiger partial charge is 0.299 e. The number of rotatable bonds is 4. The van der Waals surface area contributed by atoms with Crippen LogP contribution in [-0.2, 0) is 12.3 Å². The average Bonchev–Trinajstić information content (AvgIpc) is 2.28. The summed E-state index contributed by atoms with van der Waals surface area (Å²) in [5.41, 5.74) is 0.533. The third-order valence-electron chi connectivity index (χ3n) is 2.26. The molecule has 0 fully saturated rings. The van der Waals surface area contributed by atoms with Crippen LogP contribution in [0.5, 0.6) is 5.75 Å². The van der Waals surface area contributed by atoms with Gasteiger partial charge in [0.2, 0.25) is 0 Å². The van der Waals surface area contributed by atoms with Crippen LogP contribution >= 0.6 is 0 Å². The van der Waals surface area contributed by atoms with Gasteiger partial charge < -0.3 is 9.84 Å². The summed E-state index contributed by atoms with van der Waals surface area (Å²) < 4.78 is 31.5. The molecule has 0 saturated heterocycles. The molecule has 0 bridgehead atoms. The number of alkyl halides is 2. The van der Waals surface area contributed by atoms with Gasteiger partial charge in [-0.2, -0.15) is 8.78 Å². The molecule has 84 valence electrons. The first-order valence-corrected chi connectivity index (χ1v) is 4.71. The second-order valence-corrected chi connectivity index (χ2v) is 3.25. The molecular formula is C11H14F2O2. The van der Waals surface area contributed by atoms with Crippen molar-refractivity contribution in [3.8, 4) is 5.75 Å². The molecule has 0 saturated carbocycles. The second-order valence-electron chi connectivity index (χ2n) is 3.25. The number of halogens is 2. The van der Waals surface area contributed by atoms with E-state index in [4.69, 9.17) is 9.84 Å². The fraction of sp³-hybridized carbons (Fsp3) is 0.455. The maximum Gasteiger partial charge on any atom is 0.299 e. The molecule has 0 aliphatic carbocycles. The predicted octanol–water partition coefficient (Wildman–Crippen LogP) is 2.34. The van der Waals surface area contributed by atoms with E-state index in [9.17, 15) is 8.78 Å². The van der Waals surface area contributed by atoms with Crippen LogP contribution in [0.15, 0.2) is 18.2 Å². The molecule has 0 atom stereocenters. The van der Waals surface area contributed by atoms with E-state index < -0.39 is 12.5 Å². The van der Waals surface area contributed by atoms with Gasteiger partial charge in [0, 0.05) is 0 Å². The number of hydrogen-bond donors (Lipinski definition) is 1. The Kier molecular flexibility index (Phi) is 3.63. The number of hydrogen-bond acceptors (Lipinski definition) is 2. The fourth-order valence-electron chi connectivity index (χ4n) is 1.35. The first kappa shape index (κ1) is 11.9. The third-order valence-corrected chi connectivity index (χ3v) is 2.26. The van der Waals surface area contributed by atoms with E-state index in [0.29, 0.717) is 6.42 Å². The van der Waals surface area contributed by atoms with Gasteiger partial charge in [0.1, 0.15) is 12.4 Å². The highest BCUT2D eigenvalue weighted by Gasteiger charge is 2.33. The molecule has 0 aromatic heterocycles. The van der Waals surface area contributed by atoms with Crippen molar-refractivity contribution in [2.45, 2.75) is 19.3 Å². The summed E-state index contributed by atoms with van der Waals surface area (Å²) in [5.74, 6) is -3.15. The molecule has 0 aliphatic heterocycles. The molecule has 0 spiro atoms. The van der Waals surface area contributed by atoms with Crippen molar-refractivity contribution >= 4 is 0 Å². The SMILES string of the molecule is CCc1ccc(OC)c(C(F)(F)CO)c1. The molecule has 0 radical (unpaired) electrons. The molecule has 4 heteroatoms. The summed E-state index contributed by atoms with van der Waals surface area (Å²) in [4.78, 5) is 0. The lowest BCUT2D eigenvalue weighted by Crippen LogP contribution is -2.19. The van der Waals surface area contributed by atoms with E-state index in [-0.39, 0.29) is 11.3 Å². The number of benzene rings is 1. The summed E-state index contributed by atoms with van der Waals surface area (Å²) in [6.07, 6.45) is 0.665. The largest absolute Gasteiger partial charge is 0.496 e. The zero-order valence-electron chi connectivity index (χ0n) is 8.76. The van der Waals surface area contributed by atoms with Crippen molar-refractivity contribution in [1.82, 2.24) is 0 Å². The lowest BCUT2D eigenvalue weighted by molar-refractivity contribution is -0.0571. The van der Waals surface area contributed by atoms with Gasteiger partial charge in [-0.3, -0.25) is 0 Å². The van der Waals surface area contributed by atoms with Gasteiger partial charge >= 0.3 is 0 Å². The van der Waals surface area contributed by atoms with Crippen LogP contribution < -0.4 is 4.74 Å². The van der Waals surface area contributed by atoms with E-state index in [2.05, 4.69) is 0 Å². The molecular weight excluding hydrogens is 202 g/mol. The Bertz CT molecular complexity index is 337. The Labute approximate surface area is 87.5 Å². The molecule has 0 unspecified atom stereocenters. The normalized spacial score (nSPS) is 11.5. The van der Waals surface area contributed by atoms with E-state index >= 15 is 0 Å². The van der Waals surface area contributed by atoms with Gasteiger partial charge in [0.05, 0.1) is 12.7 Å². The molecule has 0 heterocycles. The molecule has 1 rings (SSSR count). The highest BCUT2D eigenvalue weighted by Crippen LogP contribution is 2.35. The lowest BCUT2D eigenvalue weighted by Gasteiger charge is -2.17. The van der Waals surface area contributed by atoms with Gasteiger partial charge in [-0.1, -0.05) is 13.0 Å². The topological polar surface area (TPSA) is 29.5 Å². The van der Waals surface area contributed by atoms with Gasteiger partial charge in [-0.25, -0.2) is 0 Å². The fourth-order valence-corrected chi connectivity index (χ4v) is 1.35. The minimum Gasteiger partial charge on any atom is -0.496 e. The van der Waals surface area contributed by atoms with Crippen molar-refractivity contribution in [2.24, 2.45) is 0 Å². The first-order chi connectivity index (χ1) is 7.05. The van der Waals surface area contributed by atoms with Crippen molar-refractivity contribution < 1.29 is 18.6 Å². The van der Waals surface area contributed by atoms with Gasteiger partial charge in [-0.15, -0.1) is 0 Å². The van der Waals surface area contributed by atoms with Crippen LogP contribution in [-0.4, -0.2) is 18.8 Å². The monoisotopic (exact) mass is 216 g/mol. The van der Waals surface area contributed by atoms with Crippen LogP contribution in [0.4, 0.5) is 8.78 Å². The summed E-state index contributed by atoms with van der Waals surface area (Å²) in [7, 11) is 1.33. The quantitative estimate of drug-likeness (QED) is 0.837. The number of aliphatic hydroxyl groups is 1. The average molecular weight is 216 g/mol. The van der Waals surface area contributed by atoms with Crippen LogP contribution in [0.2, 0.25) is 0 Å². The molecule has 2 nitrogen and oxygen atoms in total. The minimum absolute atomic E-state index is 0.103. The Hall–Kier alpha value is -1.16. The highest BCUT2D eigenvalue weighted by atomic mass is 19.3. The van der Waals surface area contributed by atoms with Gasteiger partial charge in [0.15, 0.2) is 0 Å². The Morgan fingerprint density at radius 3 is 2.53 bits per heavy atom. The molecule has 15 heavy (non-hydrogen) atoms. The van der Waals surface area contributed by atoms with E-state index in [1.807, 2.05) is 6.92 Å². The highest BCUT2D eigenvalue weighted by molar-refractivity contribution is 5.40. The molecule has 1 aromatic carbocycles. The van der Waals surface area contributed by atoms with Gasteiger partial charge in [-0.05, 0) is 24.1 Å². The lowest BCUT2D eigenvalue weighted by atomic mass is 10.0. The number of methoxy groups -OCH3 is 1. The Balaban J connectivity index is 3.23. The number of aryl methyl sites for hydroxylation is 1. The van der Waals surface area contributed by atoms with Crippen LogP contribution in [0.3, 0.4) is 0 Å². The van der Waals surface area contributed by atoms with E-state index in [1.165, 1.54) is 19.2 Å². The Morgan fingerprint density at radius 2 is 2.07 bits per heavy atom. The standard InChI is InChI=1S/C11H14F2O2/c1-3-8-4-5-10(15-2)9(6-8)11(12,13)7-14/h4-6,14H,3,7H2,1-2H3. The van der Waals surface area contributed by atoms with Crippen LogP contribution in [0.1, 0.15) is 18.1 Å². The maximum atomic E-state index is 13.3. The summed E-state index contributed by atoms with van der Waals surface area (Å²) >= 11 is 0. The molecule has 1 aromatic rings. The number of ether oxygens (including phenoxy) is 1. The number of aliphatic hydroxyl groups excluding tert-OH is 1. The summed E-state index contributed by atoms with van der Waals surface area (Å²) in [6.45, 7) is 0.666. The van der Waals surface area contributed by atoms with Gasteiger partial charge in [0.25, 0.3) is 5.92 Å². The zero-order chi connectivity index (χ0) is 11.5. The Morgan fingerprint density at radius 1 is 1.40 bits per heavy atom. The molecule has 1 N–H and O–H groups in total. The van der Waals surface area contributed by atoms with E-state index in [0.717, 1.165) is 5.56 Å². The minimum atomic E-state index is -3.25. The predicted molar refractivity (Wildman–Crippen MR) is 53.4 cm³/mol. The maximum absolute atomic E-state index is 13.3. The first-order valence-electron chi connectivity index (χ1n) is 4.71. The second kappa shape index (κ2) is 4.57. The van der Waals surface area contributed by atoms with Crippen LogP contribution in [0.25, 0.3) is 0 Å². The van der Waals surface area contributed by atoms with Crippen molar-refractivity contribution in [2.75, 3.05) is 13.7 Å². The summed E-state index contributed by atoms with van der Waals surface area (Å²) in [6, 6.07) is 4.60. The van der Waals surface area contributed by atoms with Crippen LogP contribution in [0, 0.1) is 0 Å². The van der Waals surface area contributed by atoms with E-state index in [1.54, 1.807) is 6.07 Å². The van der Waals surface area contributed by atoms with Crippen molar-refractivity contribution in [3.05, 3.63) is 29.3 Å². The van der Waals surface area contributed by atoms with Crippen molar-refractivity contribution in [3.63, 3.8) is 0 Å². The van der Waals surface area contributed by atoms with Crippen molar-refractivity contribution in [1.29, 1.82) is 0 Å². The molecule has 0 amide bonds. The molecule has 0 aliphatic rings.